The van der Waals surface area contributed by atoms with Crippen molar-refractivity contribution in [1.82, 2.24) is 10.2 Å². The van der Waals surface area contributed by atoms with Crippen LogP contribution in [-0.2, 0) is 9.53 Å². The molecule has 1 aliphatic carbocycles. The third-order valence-corrected chi connectivity index (χ3v) is 6.37. The molecule has 2 aliphatic rings. The molecule has 1 aromatic rings. The van der Waals surface area contributed by atoms with Gasteiger partial charge in [-0.3, -0.25) is 4.79 Å². The second-order valence-corrected chi connectivity index (χ2v) is 10.5. The Morgan fingerprint density at radius 3 is 2.46 bits per heavy atom. The number of rotatable bonds is 5. The largest absolute Gasteiger partial charge is 0.573 e. The van der Waals surface area contributed by atoms with Crippen LogP contribution >= 0.6 is 0 Å². The topological polar surface area (TPSA) is 88.1 Å². The molecule has 1 aliphatic heterocycles. The second-order valence-electron chi connectivity index (χ2n) is 10.5. The van der Waals surface area contributed by atoms with Gasteiger partial charge in [-0.25, -0.2) is 4.79 Å². The van der Waals surface area contributed by atoms with Crippen molar-refractivity contribution in [2.24, 2.45) is 0 Å². The Morgan fingerprint density at radius 2 is 1.83 bits per heavy atom. The van der Waals surface area contributed by atoms with Crippen LogP contribution in [0.15, 0.2) is 24.3 Å². The third kappa shape index (κ3) is 7.75. The summed E-state index contributed by atoms with van der Waals surface area (Å²) in [5.41, 5.74) is -1.58. The lowest BCUT2D eigenvalue weighted by molar-refractivity contribution is -0.274. The first-order valence-electron chi connectivity index (χ1n) is 12.1. The van der Waals surface area contributed by atoms with Crippen LogP contribution in [0.4, 0.5) is 18.0 Å². The van der Waals surface area contributed by atoms with E-state index < -0.39 is 41.4 Å². The molecule has 35 heavy (non-hydrogen) atoms. The van der Waals surface area contributed by atoms with E-state index in [4.69, 9.17) is 4.74 Å². The number of alkyl halides is 3. The molecule has 1 saturated heterocycles. The number of benzene rings is 1. The van der Waals surface area contributed by atoms with Crippen LogP contribution in [0.25, 0.3) is 0 Å². The minimum atomic E-state index is -4.87. The Morgan fingerprint density at radius 1 is 1.14 bits per heavy atom. The van der Waals surface area contributed by atoms with E-state index in [-0.39, 0.29) is 18.0 Å². The van der Waals surface area contributed by atoms with Crippen LogP contribution < -0.4 is 10.1 Å². The van der Waals surface area contributed by atoms with E-state index in [0.29, 0.717) is 32.2 Å². The van der Waals surface area contributed by atoms with Gasteiger partial charge in [0.2, 0.25) is 5.91 Å². The van der Waals surface area contributed by atoms with E-state index in [1.54, 1.807) is 11.0 Å². The monoisotopic (exact) mass is 500 g/mol. The lowest BCUT2D eigenvalue weighted by atomic mass is 9.72. The molecule has 2 fully saturated rings. The molecule has 0 aromatic heterocycles. The average molecular weight is 501 g/mol. The number of alkyl carbamates (subject to hydrolysis) is 1. The number of nitrogens with one attached hydrogen (secondary N) is 1. The number of amides is 2. The number of aliphatic hydroxyl groups is 1. The van der Waals surface area contributed by atoms with Crippen LogP contribution in [0, 0.1) is 0 Å². The Hall–Kier alpha value is -2.49. The number of nitrogens with zero attached hydrogens (tertiary/aromatic N) is 1. The zero-order valence-electron chi connectivity index (χ0n) is 20.5. The molecule has 1 aromatic carbocycles. The summed E-state index contributed by atoms with van der Waals surface area (Å²) in [6, 6.07) is 5.29. The van der Waals surface area contributed by atoms with Gasteiger partial charge in [0.05, 0.1) is 18.1 Å². The zero-order valence-corrected chi connectivity index (χ0v) is 20.5. The van der Waals surface area contributed by atoms with Crippen LogP contribution in [0.2, 0.25) is 0 Å². The molecule has 2 atom stereocenters. The van der Waals surface area contributed by atoms with Gasteiger partial charge in [-0.1, -0.05) is 31.4 Å². The van der Waals surface area contributed by atoms with Crippen molar-refractivity contribution < 1.29 is 37.3 Å². The molecular formula is C25H35F3N2O5. The van der Waals surface area contributed by atoms with Crippen LogP contribution in [-0.4, -0.2) is 58.7 Å². The van der Waals surface area contributed by atoms with E-state index in [1.807, 2.05) is 20.8 Å². The van der Waals surface area contributed by atoms with E-state index in [1.165, 1.54) is 18.2 Å². The fraction of sp³-hybridized carbons (Fsp3) is 0.680. The highest BCUT2D eigenvalue weighted by Gasteiger charge is 2.46. The van der Waals surface area contributed by atoms with Gasteiger partial charge >= 0.3 is 12.5 Å². The lowest BCUT2D eigenvalue weighted by Gasteiger charge is -2.42. The SMILES string of the molecule is CC(C)(C)NC(=O)OC1CCCN(C(=O)C(c2cccc(OC(F)(F)F)c2)C2(O)CCCCC2)C1. The van der Waals surface area contributed by atoms with Gasteiger partial charge in [0.15, 0.2) is 0 Å². The van der Waals surface area contributed by atoms with Crippen molar-refractivity contribution in [2.45, 2.75) is 95.2 Å². The fourth-order valence-electron chi connectivity index (χ4n) is 4.93. The highest BCUT2D eigenvalue weighted by atomic mass is 19.4. The normalized spacial score (nSPS) is 21.7. The Bertz CT molecular complexity index is 894. The number of hydrogen-bond donors (Lipinski definition) is 2. The van der Waals surface area contributed by atoms with Crippen LogP contribution in [0.5, 0.6) is 5.75 Å². The van der Waals surface area contributed by atoms with Crippen LogP contribution in [0.3, 0.4) is 0 Å². The first-order valence-corrected chi connectivity index (χ1v) is 12.1. The number of ether oxygens (including phenoxy) is 2. The van der Waals surface area contributed by atoms with Gasteiger partial charge < -0.3 is 24.8 Å². The van der Waals surface area contributed by atoms with Crippen molar-refractivity contribution in [3.63, 3.8) is 0 Å². The maximum atomic E-state index is 13.8. The molecule has 1 saturated carbocycles. The number of hydrogen-bond acceptors (Lipinski definition) is 5. The van der Waals surface area contributed by atoms with Gasteiger partial charge in [0, 0.05) is 12.1 Å². The predicted octanol–water partition coefficient (Wildman–Crippen LogP) is 4.88. The average Bonchev–Trinajstić information content (AvgIpc) is 2.72. The first-order chi connectivity index (χ1) is 16.3. The summed E-state index contributed by atoms with van der Waals surface area (Å²) in [5, 5.41) is 14.3. The molecule has 0 spiro atoms. The number of piperidine rings is 1. The summed E-state index contributed by atoms with van der Waals surface area (Å²) in [6.45, 7) is 6.05. The molecule has 2 amide bonds. The summed E-state index contributed by atoms with van der Waals surface area (Å²) in [7, 11) is 0. The van der Waals surface area contributed by atoms with E-state index in [0.717, 1.165) is 19.3 Å². The van der Waals surface area contributed by atoms with Gasteiger partial charge in [0.25, 0.3) is 0 Å². The lowest BCUT2D eigenvalue weighted by Crippen LogP contribution is -2.52. The maximum absolute atomic E-state index is 13.8. The van der Waals surface area contributed by atoms with Crippen molar-refractivity contribution in [3.8, 4) is 5.75 Å². The van der Waals surface area contributed by atoms with Gasteiger partial charge in [-0.2, -0.15) is 0 Å². The smallest absolute Gasteiger partial charge is 0.444 e. The predicted molar refractivity (Wildman–Crippen MR) is 123 cm³/mol. The maximum Gasteiger partial charge on any atom is 0.573 e. The van der Waals surface area contributed by atoms with Crippen molar-refractivity contribution in [3.05, 3.63) is 29.8 Å². The Kier molecular flexibility index (Phi) is 8.24. The van der Waals surface area contributed by atoms with E-state index >= 15 is 0 Å². The third-order valence-electron chi connectivity index (χ3n) is 6.37. The summed E-state index contributed by atoms with van der Waals surface area (Å²) in [5.74, 6) is -1.88. The van der Waals surface area contributed by atoms with Crippen LogP contribution in [0.1, 0.15) is 77.2 Å². The molecule has 7 nitrogen and oxygen atoms in total. The Balaban J connectivity index is 1.83. The highest BCUT2D eigenvalue weighted by Crippen LogP contribution is 2.42. The molecular weight excluding hydrogens is 465 g/mol. The van der Waals surface area contributed by atoms with Crippen molar-refractivity contribution in [2.75, 3.05) is 13.1 Å². The van der Waals surface area contributed by atoms with Crippen molar-refractivity contribution in [1.29, 1.82) is 0 Å². The second kappa shape index (κ2) is 10.6. The molecule has 10 heteroatoms. The standard InChI is InChI=1S/C25H35F3N2O5/c1-23(2,3)29-22(32)34-19-11-8-14-30(16-19)21(31)20(24(33)12-5-4-6-13-24)17-9-7-10-18(15-17)35-25(26,27)28/h7,9-10,15,19-20,33H,4-6,8,11-14,16H2,1-3H3,(H,29,32). The van der Waals surface area contributed by atoms with Gasteiger partial charge in [0.1, 0.15) is 11.9 Å². The summed E-state index contributed by atoms with van der Waals surface area (Å²) < 4.78 is 48.0. The highest BCUT2D eigenvalue weighted by molar-refractivity contribution is 5.85. The summed E-state index contributed by atoms with van der Waals surface area (Å²) >= 11 is 0. The quantitative estimate of drug-likeness (QED) is 0.602. The molecule has 1 heterocycles. The zero-order chi connectivity index (χ0) is 25.9. The molecule has 0 bridgehead atoms. The number of carbonyl (C=O) groups excluding carboxylic acids is 2. The number of carbonyl (C=O) groups is 2. The summed E-state index contributed by atoms with van der Waals surface area (Å²) in [4.78, 5) is 27.6. The molecule has 196 valence electrons. The van der Waals surface area contributed by atoms with Gasteiger partial charge in [-0.05, 0) is 64.2 Å². The van der Waals surface area contributed by atoms with Gasteiger partial charge in [-0.15, -0.1) is 13.2 Å². The van der Waals surface area contributed by atoms with E-state index in [2.05, 4.69) is 10.1 Å². The van der Waals surface area contributed by atoms with Crippen molar-refractivity contribution >= 4 is 12.0 Å². The Labute approximate surface area is 204 Å². The molecule has 2 unspecified atom stereocenters. The molecule has 2 N–H and O–H groups in total. The minimum Gasteiger partial charge on any atom is -0.444 e. The minimum absolute atomic E-state index is 0.154. The number of likely N-dealkylation sites (tertiary alicyclic amines) is 1. The van der Waals surface area contributed by atoms with E-state index in [9.17, 15) is 27.9 Å². The first kappa shape index (κ1) is 27.1. The molecule has 3 rings (SSSR count). The fourth-order valence-corrected chi connectivity index (χ4v) is 4.93. The number of halogens is 3. The summed E-state index contributed by atoms with van der Waals surface area (Å²) in [6.07, 6.45) is -1.67. The molecule has 0 radical (unpaired) electrons.